The molecule has 0 atom stereocenters. The van der Waals surface area contributed by atoms with Crippen LogP contribution in [0.1, 0.15) is 5.56 Å². The Labute approximate surface area is 134 Å². The lowest BCUT2D eigenvalue weighted by atomic mass is 10.1. The van der Waals surface area contributed by atoms with Gasteiger partial charge in [-0.15, -0.1) is 5.10 Å². The van der Waals surface area contributed by atoms with E-state index in [0.717, 1.165) is 15.8 Å². The minimum absolute atomic E-state index is 0.224. The van der Waals surface area contributed by atoms with Crippen LogP contribution in [0.25, 0.3) is 21.7 Å². The molecule has 0 bridgehead atoms. The quantitative estimate of drug-likeness (QED) is 0.601. The Morgan fingerprint density at radius 1 is 1.17 bits per heavy atom. The molecule has 4 aromatic rings. The molecule has 0 spiro atoms. The van der Waals surface area contributed by atoms with Gasteiger partial charge in [-0.25, -0.2) is 4.98 Å². The summed E-state index contributed by atoms with van der Waals surface area (Å²) >= 11 is 1.34. The Bertz CT molecular complexity index is 1030. The third-order valence-corrected chi connectivity index (χ3v) is 4.19. The lowest BCUT2D eigenvalue weighted by molar-refractivity contribution is 0.587. The second kappa shape index (κ2) is 5.33. The third kappa shape index (κ3) is 2.59. The molecule has 3 aromatic heterocycles. The highest BCUT2D eigenvalue weighted by atomic mass is 32.1. The number of H-pyrrole nitrogens is 1. The monoisotopic (exact) mass is 325 g/mol. The zero-order chi connectivity index (χ0) is 15.8. The third-order valence-electron chi connectivity index (χ3n) is 3.25. The largest absolute Gasteiger partial charge is 0.403 e. The van der Waals surface area contributed by atoms with Crippen molar-refractivity contribution in [1.29, 1.82) is 0 Å². The van der Waals surface area contributed by atoms with Crippen molar-refractivity contribution in [3.05, 3.63) is 52.4 Å². The van der Waals surface area contributed by atoms with E-state index < -0.39 is 0 Å². The molecule has 0 amide bonds. The van der Waals surface area contributed by atoms with Gasteiger partial charge in [-0.2, -0.15) is 0 Å². The number of hydrogen-bond donors (Lipinski definition) is 2. The van der Waals surface area contributed by atoms with E-state index in [2.05, 4.69) is 25.5 Å². The highest BCUT2D eigenvalue weighted by Crippen LogP contribution is 2.27. The second-order valence-corrected chi connectivity index (χ2v) is 5.97. The molecule has 0 aliphatic carbocycles. The fraction of sp³-hybridized carbons (Fsp3) is 0.0667. The maximum Gasteiger partial charge on any atom is 0.322 e. The van der Waals surface area contributed by atoms with E-state index in [1.807, 2.05) is 31.2 Å². The molecule has 8 heteroatoms. The normalized spacial score (nSPS) is 11.0. The molecule has 0 aliphatic rings. The first-order valence-corrected chi connectivity index (χ1v) is 7.66. The van der Waals surface area contributed by atoms with Crippen molar-refractivity contribution < 1.29 is 4.42 Å². The van der Waals surface area contributed by atoms with E-state index in [1.165, 1.54) is 11.3 Å². The van der Waals surface area contributed by atoms with E-state index >= 15 is 0 Å². The van der Waals surface area contributed by atoms with Crippen molar-refractivity contribution in [3.63, 3.8) is 0 Å². The van der Waals surface area contributed by atoms with Gasteiger partial charge in [0, 0.05) is 11.8 Å². The van der Waals surface area contributed by atoms with Crippen LogP contribution in [0.4, 0.5) is 11.1 Å². The van der Waals surface area contributed by atoms with Gasteiger partial charge in [0.15, 0.2) is 5.13 Å². The minimum atomic E-state index is -0.224. The number of nitrogens with zero attached hydrogens (tertiary/aromatic N) is 3. The van der Waals surface area contributed by atoms with Crippen molar-refractivity contribution >= 4 is 32.7 Å². The van der Waals surface area contributed by atoms with Gasteiger partial charge in [-0.3, -0.25) is 10.1 Å². The van der Waals surface area contributed by atoms with Crippen molar-refractivity contribution in [2.24, 2.45) is 0 Å². The van der Waals surface area contributed by atoms with Crippen LogP contribution in [0.2, 0.25) is 0 Å². The number of benzene rings is 1. The highest BCUT2D eigenvalue weighted by Gasteiger charge is 2.12. The van der Waals surface area contributed by atoms with Crippen LogP contribution in [0, 0.1) is 6.92 Å². The molecule has 4 rings (SSSR count). The standard InChI is InChI=1S/C15H11N5O2S/c1-8-2-4-9(5-3-8)13-19-20-14(22-13)18-15-17-11-10(23-15)6-7-16-12(11)21/h2-7H,1H3,(H,16,21)(H,17,18,20). The molecule has 0 radical (unpaired) electrons. The van der Waals surface area contributed by atoms with Gasteiger partial charge in [0.2, 0.25) is 5.89 Å². The molecule has 0 aliphatic heterocycles. The molecule has 23 heavy (non-hydrogen) atoms. The first-order valence-electron chi connectivity index (χ1n) is 6.85. The molecule has 0 saturated heterocycles. The SMILES string of the molecule is Cc1ccc(-c2nnc(Nc3nc4c(=O)[nH]ccc4s3)o2)cc1. The second-order valence-electron chi connectivity index (χ2n) is 4.94. The van der Waals surface area contributed by atoms with Crippen LogP contribution in [0.3, 0.4) is 0 Å². The Kier molecular flexibility index (Phi) is 3.16. The number of aryl methyl sites for hydroxylation is 1. The maximum atomic E-state index is 11.7. The number of hydrogen-bond acceptors (Lipinski definition) is 7. The summed E-state index contributed by atoms with van der Waals surface area (Å²) in [7, 11) is 0. The molecular formula is C15H11N5O2S. The molecule has 0 unspecified atom stereocenters. The molecule has 7 nitrogen and oxygen atoms in total. The Balaban J connectivity index is 1.62. The van der Waals surface area contributed by atoms with Crippen LogP contribution in [-0.2, 0) is 0 Å². The van der Waals surface area contributed by atoms with E-state index in [9.17, 15) is 4.79 Å². The zero-order valence-corrected chi connectivity index (χ0v) is 12.8. The Morgan fingerprint density at radius 2 is 2.00 bits per heavy atom. The number of aromatic nitrogens is 4. The molecule has 114 valence electrons. The summed E-state index contributed by atoms with van der Waals surface area (Å²) in [5.74, 6) is 0.423. The Morgan fingerprint density at radius 3 is 2.78 bits per heavy atom. The van der Waals surface area contributed by atoms with Crippen LogP contribution in [0.5, 0.6) is 0 Å². The van der Waals surface area contributed by atoms with E-state index in [4.69, 9.17) is 4.42 Å². The first-order chi connectivity index (χ1) is 11.2. The van der Waals surface area contributed by atoms with Gasteiger partial charge in [-0.1, -0.05) is 34.1 Å². The van der Waals surface area contributed by atoms with E-state index in [1.54, 1.807) is 12.3 Å². The summed E-state index contributed by atoms with van der Waals surface area (Å²) in [6.45, 7) is 2.01. The van der Waals surface area contributed by atoms with Gasteiger partial charge in [0.05, 0.1) is 4.70 Å². The van der Waals surface area contributed by atoms with Crippen LogP contribution >= 0.6 is 11.3 Å². The fourth-order valence-corrected chi connectivity index (χ4v) is 2.96. The highest BCUT2D eigenvalue weighted by molar-refractivity contribution is 7.22. The number of nitrogens with one attached hydrogen (secondary N) is 2. The summed E-state index contributed by atoms with van der Waals surface area (Å²) in [5.41, 5.74) is 2.17. The van der Waals surface area contributed by atoms with Gasteiger partial charge in [0.25, 0.3) is 5.56 Å². The topological polar surface area (TPSA) is 96.7 Å². The van der Waals surface area contributed by atoms with Gasteiger partial charge >= 0.3 is 6.01 Å². The van der Waals surface area contributed by atoms with Crippen molar-refractivity contribution in [1.82, 2.24) is 20.2 Å². The molecule has 0 saturated carbocycles. The predicted octanol–water partition coefficient (Wildman–Crippen LogP) is 3.09. The predicted molar refractivity (Wildman–Crippen MR) is 88.0 cm³/mol. The average Bonchev–Trinajstić information content (AvgIpc) is 3.16. The van der Waals surface area contributed by atoms with Crippen LogP contribution in [-0.4, -0.2) is 20.2 Å². The lowest BCUT2D eigenvalue weighted by Crippen LogP contribution is -2.03. The van der Waals surface area contributed by atoms with Crippen molar-refractivity contribution in [2.75, 3.05) is 5.32 Å². The molecule has 0 fully saturated rings. The number of fused-ring (bicyclic) bond motifs is 1. The Hall–Kier alpha value is -3.00. The van der Waals surface area contributed by atoms with Gasteiger partial charge in [-0.05, 0) is 25.1 Å². The van der Waals surface area contributed by atoms with Crippen molar-refractivity contribution in [3.8, 4) is 11.5 Å². The number of aromatic amines is 1. The number of rotatable bonds is 3. The number of pyridine rings is 1. The van der Waals surface area contributed by atoms with Crippen LogP contribution in [0.15, 0.2) is 45.7 Å². The summed E-state index contributed by atoms with van der Waals surface area (Å²) in [6, 6.07) is 9.83. The fourth-order valence-electron chi connectivity index (χ4n) is 2.10. The average molecular weight is 325 g/mol. The van der Waals surface area contributed by atoms with Gasteiger partial charge < -0.3 is 9.40 Å². The zero-order valence-electron chi connectivity index (χ0n) is 12.0. The molecular weight excluding hydrogens is 314 g/mol. The minimum Gasteiger partial charge on any atom is -0.403 e. The smallest absolute Gasteiger partial charge is 0.322 e. The lowest BCUT2D eigenvalue weighted by Gasteiger charge is -1.96. The van der Waals surface area contributed by atoms with Crippen LogP contribution < -0.4 is 10.9 Å². The molecule has 1 aromatic carbocycles. The molecule has 2 N–H and O–H groups in total. The maximum absolute atomic E-state index is 11.7. The van der Waals surface area contributed by atoms with E-state index in [-0.39, 0.29) is 11.6 Å². The van der Waals surface area contributed by atoms with E-state index in [0.29, 0.717) is 16.5 Å². The summed E-state index contributed by atoms with van der Waals surface area (Å²) in [6.07, 6.45) is 1.59. The summed E-state index contributed by atoms with van der Waals surface area (Å²) in [4.78, 5) is 18.5. The summed E-state index contributed by atoms with van der Waals surface area (Å²) < 4.78 is 6.37. The van der Waals surface area contributed by atoms with Gasteiger partial charge in [0.1, 0.15) is 5.52 Å². The summed E-state index contributed by atoms with van der Waals surface area (Å²) in [5, 5.41) is 11.4. The first kappa shape index (κ1) is 13.6. The number of anilines is 2. The number of thiazole rings is 1. The molecule has 3 heterocycles. The van der Waals surface area contributed by atoms with Crippen molar-refractivity contribution in [2.45, 2.75) is 6.92 Å².